The first-order valence-electron chi connectivity index (χ1n) is 3.26. The van der Waals surface area contributed by atoms with E-state index in [9.17, 15) is 4.79 Å². The summed E-state index contributed by atoms with van der Waals surface area (Å²) in [5, 5.41) is 7.32. The van der Waals surface area contributed by atoms with Crippen LogP contribution < -0.4 is 10.5 Å². The van der Waals surface area contributed by atoms with Gasteiger partial charge in [0.2, 0.25) is 6.41 Å². The molecule has 0 aliphatic carbocycles. The van der Waals surface area contributed by atoms with Gasteiger partial charge in [0, 0.05) is 18.0 Å². The molecule has 0 aliphatic rings. The summed E-state index contributed by atoms with van der Waals surface area (Å²) in [6, 6.07) is 2.80. The van der Waals surface area contributed by atoms with E-state index in [1.807, 2.05) is 0 Å². The van der Waals surface area contributed by atoms with Gasteiger partial charge in [0.15, 0.2) is 5.03 Å². The van der Waals surface area contributed by atoms with Gasteiger partial charge in [0.05, 0.1) is 0 Å². The lowest BCUT2D eigenvalue weighted by molar-refractivity contribution is -0.105. The summed E-state index contributed by atoms with van der Waals surface area (Å²) in [4.78, 5) is 13.7. The maximum atomic E-state index is 10.1. The van der Waals surface area contributed by atoms with Crippen molar-refractivity contribution in [2.75, 3.05) is 5.32 Å². The van der Waals surface area contributed by atoms with Gasteiger partial charge in [-0.3, -0.25) is 13.9 Å². The van der Waals surface area contributed by atoms with Crippen molar-refractivity contribution in [1.82, 2.24) is 4.98 Å². The number of carbonyl (C=O) groups excluding carboxylic acids is 1. The van der Waals surface area contributed by atoms with Crippen molar-refractivity contribution in [3.05, 3.63) is 18.3 Å². The number of amides is 1. The molecule has 0 saturated carbocycles. The van der Waals surface area contributed by atoms with Gasteiger partial charge in [0.25, 0.3) is 0 Å². The Kier molecular flexibility index (Phi) is 2.83. The highest BCUT2D eigenvalue weighted by Crippen LogP contribution is 2.38. The second-order valence-electron chi connectivity index (χ2n) is 2.24. The van der Waals surface area contributed by atoms with Crippen molar-refractivity contribution in [2.45, 2.75) is 5.03 Å². The molecule has 1 heterocycles. The van der Waals surface area contributed by atoms with Crippen LogP contribution in [0, 0.1) is 0 Å². The zero-order valence-corrected chi connectivity index (χ0v) is 7.36. The Morgan fingerprint density at radius 3 is 2.85 bits per heavy atom. The molecule has 0 radical (unpaired) electrons. The summed E-state index contributed by atoms with van der Waals surface area (Å²) in [5.74, 6) is 0. The molecule has 7 heteroatoms. The number of carbonyl (C=O) groups is 1. The van der Waals surface area contributed by atoms with Crippen LogP contribution in [0.2, 0.25) is 0 Å². The van der Waals surface area contributed by atoms with E-state index in [1.54, 1.807) is 0 Å². The van der Waals surface area contributed by atoms with Crippen LogP contribution in [0.15, 0.2) is 23.4 Å². The molecule has 0 spiro atoms. The van der Waals surface area contributed by atoms with E-state index in [-0.39, 0.29) is 5.03 Å². The zero-order chi connectivity index (χ0) is 9.90. The first kappa shape index (κ1) is 9.93. The lowest BCUT2D eigenvalue weighted by Crippen LogP contribution is -2.10. The largest absolute Gasteiger partial charge is 0.329 e. The minimum Gasteiger partial charge on any atom is -0.329 e. The molecule has 1 aromatic rings. The van der Waals surface area contributed by atoms with Gasteiger partial charge in [0.1, 0.15) is 0 Å². The highest BCUT2D eigenvalue weighted by molar-refractivity contribution is 8.22. The van der Waals surface area contributed by atoms with Crippen LogP contribution >= 0.6 is 10.8 Å². The molecule has 1 rings (SSSR count). The number of nitrogens with zero attached hydrogens (tertiary/aromatic N) is 1. The summed E-state index contributed by atoms with van der Waals surface area (Å²) in [7, 11) is -3.31. The third-order valence-corrected chi connectivity index (χ3v) is 2.11. The lowest BCUT2D eigenvalue weighted by Gasteiger charge is -2.24. The second kappa shape index (κ2) is 3.71. The Labute approximate surface area is 76.3 Å². The fourth-order valence-corrected chi connectivity index (χ4v) is 1.25. The summed E-state index contributed by atoms with van der Waals surface area (Å²) >= 11 is 0. The fourth-order valence-electron chi connectivity index (χ4n) is 0.732. The predicted octanol–water partition coefficient (Wildman–Crippen LogP) is 0.633. The number of nitrogens with two attached hydrogens (primary N) is 1. The van der Waals surface area contributed by atoms with Crippen LogP contribution in [0.1, 0.15) is 0 Å². The summed E-state index contributed by atoms with van der Waals surface area (Å²) in [6.45, 7) is 0. The lowest BCUT2D eigenvalue weighted by atomic mass is 10.4. The van der Waals surface area contributed by atoms with Gasteiger partial charge in [-0.05, 0) is 6.07 Å². The number of pyridine rings is 1. The van der Waals surface area contributed by atoms with E-state index in [0.717, 1.165) is 0 Å². The average Bonchev–Trinajstić information content (AvgIpc) is 2.04. The maximum absolute atomic E-state index is 10.1. The summed E-state index contributed by atoms with van der Waals surface area (Å²) in [5.41, 5.74) is 0.408. The molecular formula is C6H9N3O3S. The normalized spacial score (nSPS) is 12.2. The first-order chi connectivity index (χ1) is 6.04. The van der Waals surface area contributed by atoms with Gasteiger partial charge in [-0.2, -0.15) is 0 Å². The van der Waals surface area contributed by atoms with Crippen molar-refractivity contribution in [3.63, 3.8) is 0 Å². The number of hydrogen-bond donors (Lipinski definition) is 4. The van der Waals surface area contributed by atoms with Crippen molar-refractivity contribution < 1.29 is 13.9 Å². The highest BCUT2D eigenvalue weighted by Gasteiger charge is 2.10. The Balaban J connectivity index is 2.98. The molecule has 0 aliphatic heterocycles. The van der Waals surface area contributed by atoms with Gasteiger partial charge in [-0.25, -0.2) is 10.1 Å². The molecule has 1 aromatic heterocycles. The third kappa shape index (κ3) is 2.67. The van der Waals surface area contributed by atoms with Crippen molar-refractivity contribution in [1.29, 1.82) is 0 Å². The van der Waals surface area contributed by atoms with Crippen LogP contribution in [0.4, 0.5) is 5.69 Å². The van der Waals surface area contributed by atoms with Crippen molar-refractivity contribution in [3.8, 4) is 0 Å². The molecule has 72 valence electrons. The SMILES string of the molecule is NS(O)(O)c1cc(NC=O)ccn1. The maximum Gasteiger partial charge on any atom is 0.211 e. The Hall–Kier alpha value is -1.15. The van der Waals surface area contributed by atoms with E-state index >= 15 is 0 Å². The molecule has 1 amide bonds. The average molecular weight is 203 g/mol. The zero-order valence-electron chi connectivity index (χ0n) is 6.54. The van der Waals surface area contributed by atoms with E-state index in [1.165, 1.54) is 18.3 Å². The number of aromatic nitrogens is 1. The van der Waals surface area contributed by atoms with Crippen molar-refractivity contribution in [2.24, 2.45) is 5.14 Å². The topological polar surface area (TPSA) is 108 Å². The molecule has 0 atom stereocenters. The standard InChI is InChI=1S/C6H9N3O3S/c7-13(11,12)6-3-5(9-4-10)1-2-8-6/h1-4,11-12H,7H2,(H,8,9,10). The number of nitrogens with one attached hydrogen (secondary N) is 1. The van der Waals surface area contributed by atoms with Crippen LogP contribution in [0.5, 0.6) is 0 Å². The molecule has 0 fully saturated rings. The quantitative estimate of drug-likeness (QED) is 0.539. The molecule has 0 unspecified atom stereocenters. The highest BCUT2D eigenvalue weighted by atomic mass is 32.3. The van der Waals surface area contributed by atoms with Crippen LogP contribution in [-0.2, 0) is 4.79 Å². The van der Waals surface area contributed by atoms with E-state index < -0.39 is 10.8 Å². The van der Waals surface area contributed by atoms with Crippen molar-refractivity contribution >= 4 is 22.9 Å². The molecule has 5 N–H and O–H groups in total. The summed E-state index contributed by atoms with van der Waals surface area (Å²) in [6.07, 6.45) is 1.80. The van der Waals surface area contributed by atoms with Gasteiger partial charge < -0.3 is 5.32 Å². The molecular weight excluding hydrogens is 194 g/mol. The third-order valence-electron chi connectivity index (χ3n) is 1.27. The van der Waals surface area contributed by atoms with Crippen LogP contribution in [0.25, 0.3) is 0 Å². The van der Waals surface area contributed by atoms with E-state index in [0.29, 0.717) is 12.1 Å². The molecule has 0 saturated heterocycles. The van der Waals surface area contributed by atoms with Gasteiger partial charge in [-0.1, -0.05) is 10.8 Å². The molecule has 6 nitrogen and oxygen atoms in total. The smallest absolute Gasteiger partial charge is 0.211 e. The number of hydrogen-bond acceptors (Lipinski definition) is 5. The minimum absolute atomic E-state index is 0.0562. The number of anilines is 1. The minimum atomic E-state index is -3.31. The fraction of sp³-hybridized carbons (Fsp3) is 0. The Morgan fingerprint density at radius 1 is 1.62 bits per heavy atom. The van der Waals surface area contributed by atoms with Crippen LogP contribution in [-0.4, -0.2) is 20.5 Å². The van der Waals surface area contributed by atoms with E-state index in [4.69, 9.17) is 14.2 Å². The molecule has 0 aromatic carbocycles. The predicted molar refractivity (Wildman–Crippen MR) is 49.2 cm³/mol. The molecule has 0 bridgehead atoms. The number of rotatable bonds is 3. The second-order valence-corrected chi connectivity index (χ2v) is 3.84. The van der Waals surface area contributed by atoms with Gasteiger partial charge >= 0.3 is 0 Å². The summed E-state index contributed by atoms with van der Waals surface area (Å²) < 4.78 is 18.0. The first-order valence-corrected chi connectivity index (χ1v) is 4.87. The monoisotopic (exact) mass is 203 g/mol. The molecule has 13 heavy (non-hydrogen) atoms. The van der Waals surface area contributed by atoms with Gasteiger partial charge in [-0.15, -0.1) is 0 Å². The Bertz CT molecular complexity index is 312. The Morgan fingerprint density at radius 2 is 2.31 bits per heavy atom. The van der Waals surface area contributed by atoms with E-state index in [2.05, 4.69) is 10.3 Å². The van der Waals surface area contributed by atoms with Crippen LogP contribution in [0.3, 0.4) is 0 Å².